The summed E-state index contributed by atoms with van der Waals surface area (Å²) >= 11 is 0. The summed E-state index contributed by atoms with van der Waals surface area (Å²) in [6.45, 7) is 2.48. The summed E-state index contributed by atoms with van der Waals surface area (Å²) in [7, 11) is 0. The number of alkyl carbamates (subject to hydrolysis) is 1. The Morgan fingerprint density at radius 2 is 1.60 bits per heavy atom. The number of carbonyl (C=O) groups excluding carboxylic acids is 3. The van der Waals surface area contributed by atoms with E-state index in [1.165, 1.54) is 11.2 Å². The average molecular weight is 604 g/mol. The summed E-state index contributed by atoms with van der Waals surface area (Å²) in [5.74, 6) is -0.628. The predicted molar refractivity (Wildman–Crippen MR) is 173 cm³/mol. The Kier molecular flexibility index (Phi) is 10.6. The first-order valence-corrected chi connectivity index (χ1v) is 15.0. The maximum Gasteiger partial charge on any atom is 0.408 e. The van der Waals surface area contributed by atoms with Crippen LogP contribution in [0.2, 0.25) is 0 Å². The van der Waals surface area contributed by atoms with Crippen LogP contribution in [0.4, 0.5) is 4.79 Å². The molecule has 1 aromatic heterocycles. The number of H-pyrrole nitrogens is 1. The molecular formula is C36H37N5O4. The van der Waals surface area contributed by atoms with Crippen molar-refractivity contribution in [2.45, 2.75) is 38.5 Å². The summed E-state index contributed by atoms with van der Waals surface area (Å²) in [4.78, 5) is 49.2. The van der Waals surface area contributed by atoms with Crippen LogP contribution in [0.3, 0.4) is 0 Å². The summed E-state index contributed by atoms with van der Waals surface area (Å²) in [6, 6.07) is 32.0. The Hall–Kier alpha value is -5.44. The highest BCUT2D eigenvalue weighted by atomic mass is 16.5. The first-order valence-electron chi connectivity index (χ1n) is 15.0. The molecule has 3 N–H and O–H groups in total. The minimum absolute atomic E-state index is 0.0533. The predicted octanol–water partition coefficient (Wildman–Crippen LogP) is 5.35. The third-order valence-electron chi connectivity index (χ3n) is 7.63. The van der Waals surface area contributed by atoms with Crippen LogP contribution in [0.5, 0.6) is 0 Å². The SMILES string of the molecule is CC(CNC(=O)CN(Cc1cccc2ccccc12)C(=O)C(Cc1c[nH]cn1)NC(=O)OCc1ccccc1)c1ccccc1. The summed E-state index contributed by atoms with van der Waals surface area (Å²) < 4.78 is 5.44. The molecule has 5 aromatic rings. The second-order valence-corrected chi connectivity index (χ2v) is 11.0. The third kappa shape index (κ3) is 8.79. The van der Waals surface area contributed by atoms with Crippen molar-refractivity contribution in [2.75, 3.05) is 13.1 Å². The maximum atomic E-state index is 14.3. The largest absolute Gasteiger partial charge is 0.445 e. The number of fused-ring (bicyclic) bond motifs is 1. The molecule has 4 aromatic carbocycles. The van der Waals surface area contributed by atoms with Crippen molar-refractivity contribution >= 4 is 28.7 Å². The van der Waals surface area contributed by atoms with Crippen molar-refractivity contribution in [3.8, 4) is 0 Å². The van der Waals surface area contributed by atoms with Crippen molar-refractivity contribution in [1.82, 2.24) is 25.5 Å². The van der Waals surface area contributed by atoms with Crippen LogP contribution < -0.4 is 10.6 Å². The number of hydrogen-bond donors (Lipinski definition) is 3. The number of rotatable bonds is 13. The van der Waals surface area contributed by atoms with Crippen LogP contribution in [-0.4, -0.2) is 51.9 Å². The Bertz CT molecular complexity index is 1690. The fourth-order valence-corrected chi connectivity index (χ4v) is 5.18. The number of nitrogens with zero attached hydrogens (tertiary/aromatic N) is 2. The number of aromatic nitrogens is 2. The molecule has 45 heavy (non-hydrogen) atoms. The van der Waals surface area contributed by atoms with E-state index in [2.05, 4.69) is 20.6 Å². The first kappa shape index (κ1) is 31.0. The van der Waals surface area contributed by atoms with Gasteiger partial charge in [-0.15, -0.1) is 0 Å². The van der Waals surface area contributed by atoms with Crippen molar-refractivity contribution < 1.29 is 19.1 Å². The second-order valence-electron chi connectivity index (χ2n) is 11.0. The first-order chi connectivity index (χ1) is 22.0. The topological polar surface area (TPSA) is 116 Å². The van der Waals surface area contributed by atoms with Gasteiger partial charge < -0.3 is 25.3 Å². The third-order valence-corrected chi connectivity index (χ3v) is 7.63. The Morgan fingerprint density at radius 1 is 0.889 bits per heavy atom. The van der Waals surface area contributed by atoms with Crippen LogP contribution >= 0.6 is 0 Å². The van der Waals surface area contributed by atoms with E-state index >= 15 is 0 Å². The van der Waals surface area contributed by atoms with Gasteiger partial charge in [-0.05, 0) is 33.4 Å². The molecule has 0 aliphatic rings. The lowest BCUT2D eigenvalue weighted by Crippen LogP contribution is -2.52. The van der Waals surface area contributed by atoms with E-state index < -0.39 is 18.0 Å². The lowest BCUT2D eigenvalue weighted by molar-refractivity contribution is -0.138. The number of benzene rings is 4. The van der Waals surface area contributed by atoms with Gasteiger partial charge in [0, 0.05) is 25.7 Å². The molecule has 2 unspecified atom stereocenters. The highest BCUT2D eigenvalue weighted by Crippen LogP contribution is 2.21. The number of imidazole rings is 1. The van der Waals surface area contributed by atoms with Gasteiger partial charge in [-0.3, -0.25) is 9.59 Å². The molecule has 0 saturated heterocycles. The van der Waals surface area contributed by atoms with Gasteiger partial charge in [0.2, 0.25) is 11.8 Å². The zero-order chi connectivity index (χ0) is 31.4. The Labute approximate surface area is 262 Å². The van der Waals surface area contributed by atoms with E-state index in [1.54, 1.807) is 6.20 Å². The molecule has 0 spiro atoms. The van der Waals surface area contributed by atoms with Crippen molar-refractivity contribution in [3.05, 3.63) is 138 Å². The molecule has 0 radical (unpaired) electrons. The molecule has 0 fully saturated rings. The number of aromatic amines is 1. The van der Waals surface area contributed by atoms with E-state index in [0.29, 0.717) is 12.2 Å². The van der Waals surface area contributed by atoms with Gasteiger partial charge in [-0.25, -0.2) is 9.78 Å². The van der Waals surface area contributed by atoms with Crippen LogP contribution in [-0.2, 0) is 33.9 Å². The molecule has 1 heterocycles. The number of hydrogen-bond acceptors (Lipinski definition) is 5. The molecule has 230 valence electrons. The smallest absolute Gasteiger partial charge is 0.408 e. The number of ether oxygens (including phenoxy) is 1. The molecule has 9 heteroatoms. The van der Waals surface area contributed by atoms with Gasteiger partial charge in [0.15, 0.2) is 0 Å². The fraction of sp³-hybridized carbons (Fsp3) is 0.222. The molecule has 0 aliphatic heterocycles. The van der Waals surface area contributed by atoms with Crippen LogP contribution in [0.1, 0.15) is 35.2 Å². The monoisotopic (exact) mass is 603 g/mol. The minimum Gasteiger partial charge on any atom is -0.445 e. The molecule has 5 rings (SSSR count). The molecule has 0 saturated carbocycles. The van der Waals surface area contributed by atoms with Gasteiger partial charge in [0.05, 0.1) is 18.6 Å². The van der Waals surface area contributed by atoms with Gasteiger partial charge in [-0.2, -0.15) is 0 Å². The van der Waals surface area contributed by atoms with Crippen molar-refractivity contribution in [3.63, 3.8) is 0 Å². The minimum atomic E-state index is -1.03. The Morgan fingerprint density at radius 3 is 2.36 bits per heavy atom. The van der Waals surface area contributed by atoms with E-state index in [9.17, 15) is 14.4 Å². The van der Waals surface area contributed by atoms with Gasteiger partial charge in [0.1, 0.15) is 12.6 Å². The molecule has 0 bridgehead atoms. The van der Waals surface area contributed by atoms with Crippen LogP contribution in [0.15, 0.2) is 116 Å². The van der Waals surface area contributed by atoms with E-state index in [-0.39, 0.29) is 37.9 Å². The van der Waals surface area contributed by atoms with Crippen molar-refractivity contribution in [1.29, 1.82) is 0 Å². The number of carbonyl (C=O) groups is 3. The zero-order valence-electron chi connectivity index (χ0n) is 25.2. The lowest BCUT2D eigenvalue weighted by Gasteiger charge is -2.28. The quantitative estimate of drug-likeness (QED) is 0.168. The molecule has 3 amide bonds. The highest BCUT2D eigenvalue weighted by Gasteiger charge is 2.29. The zero-order valence-corrected chi connectivity index (χ0v) is 25.2. The normalized spacial score (nSPS) is 12.2. The molecule has 2 atom stereocenters. The summed E-state index contributed by atoms with van der Waals surface area (Å²) in [6.07, 6.45) is 2.56. The highest BCUT2D eigenvalue weighted by molar-refractivity contribution is 5.91. The number of amides is 3. The lowest BCUT2D eigenvalue weighted by atomic mass is 10.0. The van der Waals surface area contributed by atoms with E-state index in [4.69, 9.17) is 4.74 Å². The van der Waals surface area contributed by atoms with Crippen LogP contribution in [0.25, 0.3) is 10.8 Å². The number of nitrogens with one attached hydrogen (secondary N) is 3. The fourth-order valence-electron chi connectivity index (χ4n) is 5.18. The van der Waals surface area contributed by atoms with E-state index in [1.807, 2.05) is 110 Å². The standard InChI is InChI=1S/C36H37N5O4/c1-26(28-13-6-3-7-14-28)20-38-34(42)23-41(22-30-17-10-16-29-15-8-9-18-32(29)30)35(43)33(19-31-21-37-25-39-31)40-36(44)45-24-27-11-4-2-5-12-27/h2-18,21,25-26,33H,19-20,22-24H2,1H3,(H,37,39)(H,38,42)(H,40,44). The van der Waals surface area contributed by atoms with Gasteiger partial charge in [0.25, 0.3) is 0 Å². The van der Waals surface area contributed by atoms with Crippen molar-refractivity contribution in [2.24, 2.45) is 0 Å². The maximum absolute atomic E-state index is 14.3. The molecule has 0 aliphatic carbocycles. The van der Waals surface area contributed by atoms with Crippen LogP contribution in [0, 0.1) is 0 Å². The Balaban J connectivity index is 1.35. The van der Waals surface area contributed by atoms with Gasteiger partial charge >= 0.3 is 6.09 Å². The summed E-state index contributed by atoms with van der Waals surface area (Å²) in [5.41, 5.74) is 3.40. The second kappa shape index (κ2) is 15.3. The van der Waals surface area contributed by atoms with E-state index in [0.717, 1.165) is 27.5 Å². The molecule has 9 nitrogen and oxygen atoms in total. The van der Waals surface area contributed by atoms with Gasteiger partial charge in [-0.1, -0.05) is 110 Å². The molecular weight excluding hydrogens is 566 g/mol. The summed E-state index contributed by atoms with van der Waals surface area (Å²) in [5, 5.41) is 7.74. The average Bonchev–Trinajstić information content (AvgIpc) is 3.59.